The van der Waals surface area contributed by atoms with E-state index in [1.807, 2.05) is 30.3 Å². The van der Waals surface area contributed by atoms with Crippen LogP contribution in [-0.4, -0.2) is 5.78 Å². The van der Waals surface area contributed by atoms with Gasteiger partial charge in [-0.1, -0.05) is 59.6 Å². The van der Waals surface area contributed by atoms with Gasteiger partial charge in [-0.2, -0.15) is 0 Å². The number of rotatable bonds is 0. The van der Waals surface area contributed by atoms with Crippen LogP contribution in [0.25, 0.3) is 32.3 Å². The maximum Gasteiger partial charge on any atom is 0.209 e. The lowest BCUT2D eigenvalue weighted by Gasteiger charge is -2.15. The molecule has 4 aromatic rings. The standard InChI is InChI=1S/C23H12Cl2O2/c24-20-9-10-27-23-17-6-5-15-11-13-3-1-2-4-14(13)12-19(15)16(17)7-8-18(23)22(26)21(20)25/h1-12H. The number of ether oxygens (including phenoxy) is 1. The van der Waals surface area contributed by atoms with Crippen molar-refractivity contribution in [1.29, 1.82) is 0 Å². The zero-order chi connectivity index (χ0) is 18.5. The molecule has 0 saturated heterocycles. The molecule has 0 amide bonds. The van der Waals surface area contributed by atoms with Crippen molar-refractivity contribution < 1.29 is 9.53 Å². The first kappa shape index (κ1) is 16.4. The van der Waals surface area contributed by atoms with E-state index in [2.05, 4.69) is 24.3 Å². The second-order valence-corrected chi connectivity index (χ2v) is 7.22. The molecular weight excluding hydrogens is 379 g/mol. The molecule has 4 aromatic carbocycles. The summed E-state index contributed by atoms with van der Waals surface area (Å²) >= 11 is 12.1. The quantitative estimate of drug-likeness (QED) is 0.240. The second kappa shape index (κ2) is 6.12. The largest absolute Gasteiger partial charge is 0.464 e. The van der Waals surface area contributed by atoms with Gasteiger partial charge in [-0.3, -0.25) is 4.79 Å². The van der Waals surface area contributed by atoms with Crippen LogP contribution in [0.15, 0.2) is 83.1 Å². The number of allylic oxidation sites excluding steroid dienone is 3. The summed E-state index contributed by atoms with van der Waals surface area (Å²) < 4.78 is 5.79. The smallest absolute Gasteiger partial charge is 0.209 e. The number of benzene rings is 4. The molecule has 0 N–H and O–H groups in total. The third-order valence-electron chi connectivity index (χ3n) is 4.89. The van der Waals surface area contributed by atoms with Gasteiger partial charge in [-0.25, -0.2) is 0 Å². The van der Waals surface area contributed by atoms with Gasteiger partial charge in [0.1, 0.15) is 10.8 Å². The van der Waals surface area contributed by atoms with Gasteiger partial charge >= 0.3 is 0 Å². The Hall–Kier alpha value is -2.81. The average molecular weight is 391 g/mol. The first-order valence-electron chi connectivity index (χ1n) is 8.45. The first-order chi connectivity index (χ1) is 13.1. The highest BCUT2D eigenvalue weighted by Crippen LogP contribution is 2.38. The Balaban J connectivity index is 1.86. The normalized spacial score (nSPS) is 14.4. The Kier molecular flexibility index (Phi) is 3.71. The molecule has 0 spiro atoms. The lowest BCUT2D eigenvalue weighted by molar-refractivity contribution is 0.103. The van der Waals surface area contributed by atoms with E-state index in [1.54, 1.807) is 6.07 Å². The minimum Gasteiger partial charge on any atom is -0.464 e. The van der Waals surface area contributed by atoms with E-state index in [-0.39, 0.29) is 15.8 Å². The summed E-state index contributed by atoms with van der Waals surface area (Å²) in [6.07, 6.45) is 2.94. The minimum atomic E-state index is -0.346. The van der Waals surface area contributed by atoms with Crippen molar-refractivity contribution in [2.45, 2.75) is 0 Å². The monoisotopic (exact) mass is 390 g/mol. The van der Waals surface area contributed by atoms with E-state index >= 15 is 0 Å². The lowest BCUT2D eigenvalue weighted by atomic mass is 9.95. The zero-order valence-electron chi connectivity index (χ0n) is 14.0. The maximum absolute atomic E-state index is 12.7. The van der Waals surface area contributed by atoms with Crippen LogP contribution in [0, 0.1) is 0 Å². The van der Waals surface area contributed by atoms with Crippen LogP contribution in [-0.2, 0) is 0 Å². The molecule has 2 nitrogen and oxygen atoms in total. The first-order valence-corrected chi connectivity index (χ1v) is 9.20. The molecule has 0 atom stereocenters. The predicted octanol–water partition coefficient (Wildman–Crippen LogP) is 6.92. The van der Waals surface area contributed by atoms with Crippen molar-refractivity contribution in [2.75, 3.05) is 0 Å². The lowest BCUT2D eigenvalue weighted by Crippen LogP contribution is -2.05. The van der Waals surface area contributed by atoms with E-state index in [0.29, 0.717) is 11.3 Å². The summed E-state index contributed by atoms with van der Waals surface area (Å²) in [6.45, 7) is 0. The molecule has 0 aliphatic carbocycles. The van der Waals surface area contributed by atoms with E-state index in [9.17, 15) is 4.79 Å². The molecule has 1 heterocycles. The number of hydrogen-bond acceptors (Lipinski definition) is 2. The van der Waals surface area contributed by atoms with Crippen molar-refractivity contribution in [1.82, 2.24) is 0 Å². The van der Waals surface area contributed by atoms with Crippen molar-refractivity contribution in [2.24, 2.45) is 0 Å². The van der Waals surface area contributed by atoms with E-state index in [4.69, 9.17) is 27.9 Å². The topological polar surface area (TPSA) is 26.3 Å². The van der Waals surface area contributed by atoms with Gasteiger partial charge in [-0.15, -0.1) is 0 Å². The molecule has 0 fully saturated rings. The highest BCUT2D eigenvalue weighted by atomic mass is 35.5. The highest BCUT2D eigenvalue weighted by molar-refractivity contribution is 6.51. The summed E-state index contributed by atoms with van der Waals surface area (Å²) in [4.78, 5) is 12.7. The number of fused-ring (bicyclic) bond motifs is 6. The van der Waals surface area contributed by atoms with Crippen LogP contribution in [0.3, 0.4) is 0 Å². The predicted molar refractivity (Wildman–Crippen MR) is 112 cm³/mol. The summed E-state index contributed by atoms with van der Waals surface area (Å²) in [5, 5.41) is 6.63. The van der Waals surface area contributed by atoms with Crippen LogP contribution in [0.2, 0.25) is 0 Å². The number of carbonyl (C=O) groups is 1. The molecule has 0 unspecified atom stereocenters. The van der Waals surface area contributed by atoms with Gasteiger partial charge in [0.05, 0.1) is 16.9 Å². The number of halogens is 2. The molecule has 4 heteroatoms. The number of hydrogen-bond donors (Lipinski definition) is 0. The molecule has 27 heavy (non-hydrogen) atoms. The Bertz CT molecular complexity index is 1330. The molecule has 1 aliphatic heterocycles. The second-order valence-electron chi connectivity index (χ2n) is 6.44. The third-order valence-corrected chi connectivity index (χ3v) is 5.67. The summed E-state index contributed by atoms with van der Waals surface area (Å²) in [6, 6.07) is 20.3. The van der Waals surface area contributed by atoms with E-state index < -0.39 is 0 Å². The van der Waals surface area contributed by atoms with Gasteiger partial charge in [0, 0.05) is 5.39 Å². The fraction of sp³-hybridized carbons (Fsp3) is 0. The van der Waals surface area contributed by atoms with Gasteiger partial charge in [0.15, 0.2) is 0 Å². The average Bonchev–Trinajstić information content (AvgIpc) is 2.70. The Labute approximate surface area is 165 Å². The van der Waals surface area contributed by atoms with E-state index in [0.717, 1.165) is 21.5 Å². The number of ketones is 1. The van der Waals surface area contributed by atoms with Crippen molar-refractivity contribution in [3.63, 3.8) is 0 Å². The Morgan fingerprint density at radius 2 is 1.48 bits per heavy atom. The van der Waals surface area contributed by atoms with Crippen LogP contribution in [0.1, 0.15) is 10.4 Å². The fourth-order valence-corrected chi connectivity index (χ4v) is 3.87. The summed E-state index contributed by atoms with van der Waals surface area (Å²) in [5.41, 5.74) is 0.398. The molecule has 0 aromatic heterocycles. The zero-order valence-corrected chi connectivity index (χ0v) is 15.5. The van der Waals surface area contributed by atoms with Crippen molar-refractivity contribution in [3.05, 3.63) is 88.6 Å². The van der Waals surface area contributed by atoms with Gasteiger partial charge in [0.25, 0.3) is 0 Å². The van der Waals surface area contributed by atoms with E-state index in [1.165, 1.54) is 23.1 Å². The Morgan fingerprint density at radius 3 is 2.30 bits per heavy atom. The molecule has 0 bridgehead atoms. The van der Waals surface area contributed by atoms with Gasteiger partial charge in [0.2, 0.25) is 5.78 Å². The van der Waals surface area contributed by atoms with Gasteiger partial charge < -0.3 is 4.74 Å². The summed E-state index contributed by atoms with van der Waals surface area (Å²) in [7, 11) is 0. The molecule has 130 valence electrons. The molecule has 0 radical (unpaired) electrons. The third kappa shape index (κ3) is 2.53. The molecule has 5 rings (SSSR count). The highest BCUT2D eigenvalue weighted by Gasteiger charge is 2.22. The fourth-order valence-electron chi connectivity index (χ4n) is 3.57. The Morgan fingerprint density at radius 1 is 0.741 bits per heavy atom. The maximum atomic E-state index is 12.7. The van der Waals surface area contributed by atoms with Crippen LogP contribution >= 0.6 is 23.2 Å². The van der Waals surface area contributed by atoms with Crippen LogP contribution in [0.5, 0.6) is 5.75 Å². The SMILES string of the molecule is O=C1C(Cl)=C(Cl)C=COc2c1ccc1c2ccc2cc3ccccc3cc21. The van der Waals surface area contributed by atoms with Crippen molar-refractivity contribution >= 4 is 61.3 Å². The number of Topliss-reactive ketones (excluding diaryl/α,β-unsaturated/α-hetero) is 1. The summed E-state index contributed by atoms with van der Waals surface area (Å²) in [5.74, 6) is 0.146. The van der Waals surface area contributed by atoms with Crippen LogP contribution in [0.4, 0.5) is 0 Å². The van der Waals surface area contributed by atoms with Gasteiger partial charge in [-0.05, 0) is 57.3 Å². The minimum absolute atomic E-state index is 0.0106. The van der Waals surface area contributed by atoms with Crippen molar-refractivity contribution in [3.8, 4) is 5.75 Å². The molecule has 0 saturated carbocycles. The molecular formula is C23H12Cl2O2. The molecule has 1 aliphatic rings. The number of carbonyl (C=O) groups excluding carboxylic acids is 1. The van der Waals surface area contributed by atoms with Crippen LogP contribution < -0.4 is 4.74 Å².